The molecule has 0 aliphatic heterocycles. The van der Waals surface area contributed by atoms with E-state index in [0.29, 0.717) is 19.4 Å². The zero-order valence-corrected chi connectivity index (χ0v) is 49.8. The van der Waals surface area contributed by atoms with Crippen LogP contribution in [0.2, 0.25) is 0 Å². The van der Waals surface area contributed by atoms with Crippen LogP contribution in [0, 0.1) is 0 Å². The van der Waals surface area contributed by atoms with Crippen molar-refractivity contribution < 1.29 is 24.5 Å². The van der Waals surface area contributed by atoms with E-state index in [9.17, 15) is 19.8 Å². The molecule has 0 fully saturated rings. The molecule has 0 heterocycles. The monoisotopic (exact) mass is 1040 g/mol. The third-order valence-electron chi connectivity index (χ3n) is 15.4. The average Bonchev–Trinajstić information content (AvgIpc) is 3.40. The molecule has 436 valence electrons. The van der Waals surface area contributed by atoms with Crippen LogP contribution in [0.15, 0.2) is 36.5 Å². The molecule has 0 aromatic heterocycles. The second-order valence-corrected chi connectivity index (χ2v) is 22.8. The first-order chi connectivity index (χ1) is 36.5. The number of carbonyl (C=O) groups is 2. The molecule has 2 unspecified atom stereocenters. The summed E-state index contributed by atoms with van der Waals surface area (Å²) in [5.41, 5.74) is 0. The number of nitrogens with one attached hydrogen (secondary N) is 1. The van der Waals surface area contributed by atoms with Crippen molar-refractivity contribution in [3.63, 3.8) is 0 Å². The first-order valence-corrected chi connectivity index (χ1v) is 33.3. The number of rotatable bonds is 62. The van der Waals surface area contributed by atoms with E-state index in [4.69, 9.17) is 4.74 Å². The van der Waals surface area contributed by atoms with Crippen molar-refractivity contribution in [1.29, 1.82) is 0 Å². The molecule has 0 radical (unpaired) electrons. The Morgan fingerprint density at radius 2 is 0.676 bits per heavy atom. The largest absolute Gasteiger partial charge is 0.466 e. The fraction of sp³-hybridized carbons (Fsp3) is 0.882. The van der Waals surface area contributed by atoms with E-state index in [2.05, 4.69) is 43.5 Å². The highest BCUT2D eigenvalue weighted by molar-refractivity contribution is 5.76. The summed E-state index contributed by atoms with van der Waals surface area (Å²) in [4.78, 5) is 24.5. The van der Waals surface area contributed by atoms with Crippen LogP contribution < -0.4 is 5.32 Å². The molecule has 6 nitrogen and oxygen atoms in total. The first kappa shape index (κ1) is 72.1. The Bertz CT molecular complexity index is 1200. The van der Waals surface area contributed by atoms with Crippen LogP contribution in [-0.2, 0) is 14.3 Å². The van der Waals surface area contributed by atoms with Gasteiger partial charge in [-0.2, -0.15) is 0 Å². The van der Waals surface area contributed by atoms with Crippen LogP contribution in [0.3, 0.4) is 0 Å². The number of esters is 1. The fourth-order valence-corrected chi connectivity index (χ4v) is 10.3. The van der Waals surface area contributed by atoms with Gasteiger partial charge in [0.2, 0.25) is 5.91 Å². The Hall–Kier alpha value is -1.92. The second kappa shape index (κ2) is 63.6. The zero-order chi connectivity index (χ0) is 53.6. The lowest BCUT2D eigenvalue weighted by Crippen LogP contribution is -2.45. The summed E-state index contributed by atoms with van der Waals surface area (Å²) < 4.78 is 5.49. The van der Waals surface area contributed by atoms with E-state index in [1.165, 1.54) is 283 Å². The zero-order valence-electron chi connectivity index (χ0n) is 49.8. The molecule has 0 saturated heterocycles. The van der Waals surface area contributed by atoms with Crippen molar-refractivity contribution in [1.82, 2.24) is 5.32 Å². The second-order valence-electron chi connectivity index (χ2n) is 22.8. The highest BCUT2D eigenvalue weighted by atomic mass is 16.5. The van der Waals surface area contributed by atoms with Gasteiger partial charge < -0.3 is 20.3 Å². The third-order valence-corrected chi connectivity index (χ3v) is 15.4. The number of hydrogen-bond donors (Lipinski definition) is 3. The van der Waals surface area contributed by atoms with Crippen LogP contribution in [0.4, 0.5) is 0 Å². The molecule has 0 bridgehead atoms. The molecule has 0 saturated carbocycles. The number of carbonyl (C=O) groups excluding carboxylic acids is 2. The molecule has 0 aromatic rings. The number of ether oxygens (including phenoxy) is 1. The molecular weight excluding hydrogens is 911 g/mol. The summed E-state index contributed by atoms with van der Waals surface area (Å²) in [5, 5.41) is 23.0. The van der Waals surface area contributed by atoms with E-state index in [0.717, 1.165) is 51.4 Å². The lowest BCUT2D eigenvalue weighted by molar-refractivity contribution is -0.143. The maximum absolute atomic E-state index is 12.4. The molecule has 0 aliphatic carbocycles. The lowest BCUT2D eigenvalue weighted by atomic mass is 10.0. The van der Waals surface area contributed by atoms with Crippen molar-refractivity contribution in [2.24, 2.45) is 0 Å². The topological polar surface area (TPSA) is 95.9 Å². The van der Waals surface area contributed by atoms with E-state index < -0.39 is 12.1 Å². The van der Waals surface area contributed by atoms with Crippen LogP contribution in [-0.4, -0.2) is 47.4 Å². The van der Waals surface area contributed by atoms with E-state index in [1.54, 1.807) is 6.08 Å². The maximum Gasteiger partial charge on any atom is 0.305 e. The molecule has 74 heavy (non-hydrogen) atoms. The number of allylic oxidation sites excluding steroid dienone is 5. The molecule has 0 spiro atoms. The number of aliphatic hydroxyl groups excluding tert-OH is 2. The molecule has 2 atom stereocenters. The highest BCUT2D eigenvalue weighted by Crippen LogP contribution is 2.18. The average molecular weight is 1040 g/mol. The SMILES string of the molecule is CCCCC/C=C\C/C=C\CCCCCCCC(=O)OCCCCCCCCCCCCCCCCCCCCCCCCCCCCCCCCCCC(=O)NC(CO)C(O)/C=C/CCCCCCCCCC. The van der Waals surface area contributed by atoms with Crippen molar-refractivity contribution in [3.05, 3.63) is 36.5 Å². The predicted molar refractivity (Wildman–Crippen MR) is 324 cm³/mol. The number of hydrogen-bond acceptors (Lipinski definition) is 5. The van der Waals surface area contributed by atoms with Gasteiger partial charge in [-0.15, -0.1) is 0 Å². The summed E-state index contributed by atoms with van der Waals surface area (Å²) in [6.45, 7) is 4.87. The van der Waals surface area contributed by atoms with Crippen molar-refractivity contribution in [2.45, 2.75) is 373 Å². The Morgan fingerprint density at radius 3 is 1.05 bits per heavy atom. The van der Waals surface area contributed by atoms with Gasteiger partial charge in [-0.3, -0.25) is 9.59 Å². The van der Waals surface area contributed by atoms with Crippen LogP contribution >= 0.6 is 0 Å². The Morgan fingerprint density at radius 1 is 0.378 bits per heavy atom. The van der Waals surface area contributed by atoms with Gasteiger partial charge in [0.05, 0.1) is 25.4 Å². The van der Waals surface area contributed by atoms with Gasteiger partial charge in [-0.05, 0) is 64.2 Å². The van der Waals surface area contributed by atoms with Crippen LogP contribution in [0.25, 0.3) is 0 Å². The van der Waals surface area contributed by atoms with Gasteiger partial charge in [-0.25, -0.2) is 0 Å². The summed E-state index contributed by atoms with van der Waals surface area (Å²) >= 11 is 0. The maximum atomic E-state index is 12.4. The van der Waals surface area contributed by atoms with Crippen molar-refractivity contribution in [3.8, 4) is 0 Å². The third kappa shape index (κ3) is 59.3. The highest BCUT2D eigenvalue weighted by Gasteiger charge is 2.18. The van der Waals surface area contributed by atoms with Crippen LogP contribution in [0.5, 0.6) is 0 Å². The molecule has 3 N–H and O–H groups in total. The minimum atomic E-state index is -0.839. The quantitative estimate of drug-likeness (QED) is 0.0320. The summed E-state index contributed by atoms with van der Waals surface area (Å²) in [6.07, 6.45) is 80.8. The number of aliphatic hydroxyl groups is 2. The molecule has 6 heteroatoms. The van der Waals surface area contributed by atoms with E-state index >= 15 is 0 Å². The van der Waals surface area contributed by atoms with Crippen molar-refractivity contribution in [2.75, 3.05) is 13.2 Å². The molecular formula is C68H129NO5. The summed E-state index contributed by atoms with van der Waals surface area (Å²) in [6, 6.07) is -0.622. The Balaban J connectivity index is 3.31. The van der Waals surface area contributed by atoms with Crippen LogP contribution in [0.1, 0.15) is 361 Å². The molecule has 0 aromatic carbocycles. The minimum Gasteiger partial charge on any atom is -0.466 e. The Kier molecular flexibility index (Phi) is 62.0. The predicted octanol–water partition coefficient (Wildman–Crippen LogP) is 21.1. The number of amides is 1. The normalized spacial score (nSPS) is 12.8. The smallest absolute Gasteiger partial charge is 0.305 e. The lowest BCUT2D eigenvalue weighted by Gasteiger charge is -2.20. The molecule has 0 rings (SSSR count). The van der Waals surface area contributed by atoms with Gasteiger partial charge in [0.15, 0.2) is 0 Å². The van der Waals surface area contributed by atoms with Gasteiger partial charge in [-0.1, -0.05) is 320 Å². The van der Waals surface area contributed by atoms with Gasteiger partial charge in [0.1, 0.15) is 0 Å². The fourth-order valence-electron chi connectivity index (χ4n) is 10.3. The minimum absolute atomic E-state index is 0.00687. The summed E-state index contributed by atoms with van der Waals surface area (Å²) in [7, 11) is 0. The van der Waals surface area contributed by atoms with E-state index in [1.807, 2.05) is 6.08 Å². The molecule has 1 amide bonds. The number of unbranched alkanes of at least 4 members (excludes halogenated alkanes) is 47. The van der Waals surface area contributed by atoms with Gasteiger partial charge in [0.25, 0.3) is 0 Å². The van der Waals surface area contributed by atoms with E-state index in [-0.39, 0.29) is 18.5 Å². The van der Waals surface area contributed by atoms with Gasteiger partial charge in [0, 0.05) is 12.8 Å². The Labute approximate surface area is 462 Å². The standard InChI is InChI=1S/C68H129NO5/c1-3-5-7-9-11-13-15-16-35-39-42-46-50-54-58-62-68(73)74-63-59-55-51-47-43-40-37-34-32-30-28-26-24-22-20-18-17-19-21-23-25-27-29-31-33-36-38-41-45-49-53-57-61-67(72)69-65(64-70)66(71)60-56-52-48-44-14-12-10-8-6-4-2/h11,13,16,35,56,60,65-66,70-71H,3-10,12,14-15,17-34,36-55,57-59,61-64H2,1-2H3,(H,69,72)/b13-11-,35-16-,60-56+. The van der Waals surface area contributed by atoms with Crippen molar-refractivity contribution >= 4 is 11.9 Å². The first-order valence-electron chi connectivity index (χ1n) is 33.3. The van der Waals surface area contributed by atoms with Gasteiger partial charge >= 0.3 is 5.97 Å². The summed E-state index contributed by atoms with van der Waals surface area (Å²) in [5.74, 6) is -0.0576. The molecule has 0 aliphatic rings.